The summed E-state index contributed by atoms with van der Waals surface area (Å²) in [6.45, 7) is 3.16. The number of hydrogen-bond acceptors (Lipinski definition) is 6. The van der Waals surface area contributed by atoms with Gasteiger partial charge in [-0.3, -0.25) is 5.32 Å². The topological polar surface area (TPSA) is 111 Å². The van der Waals surface area contributed by atoms with Crippen LogP contribution in [0.5, 0.6) is 5.75 Å². The van der Waals surface area contributed by atoms with Gasteiger partial charge in [0.2, 0.25) is 0 Å². The fourth-order valence-electron chi connectivity index (χ4n) is 3.50. The third-order valence-corrected chi connectivity index (χ3v) is 5.34. The van der Waals surface area contributed by atoms with Crippen molar-refractivity contribution < 1.29 is 28.7 Å². The lowest BCUT2D eigenvalue weighted by Gasteiger charge is -2.14. The van der Waals surface area contributed by atoms with E-state index in [1.165, 1.54) is 0 Å². The SMILES string of the molecule is Cc1noc(-c2ccc(-c3ccc(OCC(=O)O)cc3)cc2)c1NC(=O)OC(C)c1ccccc1. The molecule has 4 aromatic rings. The maximum absolute atomic E-state index is 12.5. The van der Waals surface area contributed by atoms with E-state index in [2.05, 4.69) is 10.5 Å². The monoisotopic (exact) mass is 472 g/mol. The molecule has 0 radical (unpaired) electrons. The van der Waals surface area contributed by atoms with Crippen LogP contribution in [0.1, 0.15) is 24.3 Å². The molecule has 1 aromatic heterocycles. The third-order valence-electron chi connectivity index (χ3n) is 5.34. The van der Waals surface area contributed by atoms with Gasteiger partial charge in [-0.1, -0.05) is 71.9 Å². The van der Waals surface area contributed by atoms with Gasteiger partial charge in [-0.25, -0.2) is 9.59 Å². The van der Waals surface area contributed by atoms with Crippen LogP contribution in [-0.4, -0.2) is 28.9 Å². The van der Waals surface area contributed by atoms with Crippen LogP contribution in [0.3, 0.4) is 0 Å². The van der Waals surface area contributed by atoms with Crippen molar-refractivity contribution in [3.05, 3.63) is 90.1 Å². The Morgan fingerprint density at radius 1 is 0.943 bits per heavy atom. The normalized spacial score (nSPS) is 11.5. The predicted octanol–water partition coefficient (Wildman–Crippen LogP) is 6.09. The summed E-state index contributed by atoms with van der Waals surface area (Å²) in [5.74, 6) is -0.120. The first-order valence-corrected chi connectivity index (χ1v) is 10.9. The highest BCUT2D eigenvalue weighted by Crippen LogP contribution is 2.33. The first kappa shape index (κ1) is 23.6. The predicted molar refractivity (Wildman–Crippen MR) is 130 cm³/mol. The molecule has 1 atom stereocenters. The van der Waals surface area contributed by atoms with Crippen LogP contribution in [-0.2, 0) is 9.53 Å². The number of carbonyl (C=O) groups is 2. The van der Waals surface area contributed by atoms with E-state index in [9.17, 15) is 9.59 Å². The molecule has 178 valence electrons. The molecule has 0 saturated carbocycles. The molecule has 0 bridgehead atoms. The van der Waals surface area contributed by atoms with E-state index in [1.54, 1.807) is 26.0 Å². The molecule has 2 N–H and O–H groups in total. The lowest BCUT2D eigenvalue weighted by Crippen LogP contribution is -2.16. The number of aromatic nitrogens is 1. The molecule has 0 aliphatic heterocycles. The lowest BCUT2D eigenvalue weighted by atomic mass is 10.0. The van der Waals surface area contributed by atoms with Crippen molar-refractivity contribution in [3.8, 4) is 28.2 Å². The van der Waals surface area contributed by atoms with Gasteiger partial charge in [-0.15, -0.1) is 0 Å². The summed E-state index contributed by atoms with van der Waals surface area (Å²) in [6, 6.07) is 24.2. The zero-order valence-corrected chi connectivity index (χ0v) is 19.2. The minimum Gasteiger partial charge on any atom is -0.482 e. The average Bonchev–Trinajstić information content (AvgIpc) is 3.23. The van der Waals surface area contributed by atoms with Crippen LogP contribution in [0, 0.1) is 6.92 Å². The number of carboxylic acid groups (broad SMARTS) is 1. The van der Waals surface area contributed by atoms with Gasteiger partial charge < -0.3 is 19.1 Å². The number of nitrogens with zero attached hydrogens (tertiary/aromatic N) is 1. The van der Waals surface area contributed by atoms with Gasteiger partial charge in [0.1, 0.15) is 23.2 Å². The Balaban J connectivity index is 1.45. The van der Waals surface area contributed by atoms with Crippen molar-refractivity contribution >= 4 is 17.7 Å². The number of aliphatic carboxylic acids is 1. The van der Waals surface area contributed by atoms with Crippen LogP contribution >= 0.6 is 0 Å². The number of benzene rings is 3. The Hall–Kier alpha value is -4.59. The van der Waals surface area contributed by atoms with Crippen molar-refractivity contribution in [2.75, 3.05) is 11.9 Å². The minimum absolute atomic E-state index is 0.389. The number of ether oxygens (including phenoxy) is 2. The van der Waals surface area contributed by atoms with Gasteiger partial charge in [0.25, 0.3) is 0 Å². The summed E-state index contributed by atoms with van der Waals surface area (Å²) in [5.41, 5.74) is 4.49. The van der Waals surface area contributed by atoms with E-state index in [0.29, 0.717) is 22.9 Å². The van der Waals surface area contributed by atoms with Gasteiger partial charge in [0.15, 0.2) is 12.4 Å². The maximum atomic E-state index is 12.5. The number of nitrogens with one attached hydrogen (secondary N) is 1. The number of rotatable bonds is 8. The fraction of sp³-hybridized carbons (Fsp3) is 0.148. The quantitative estimate of drug-likeness (QED) is 0.319. The molecule has 1 amide bonds. The number of hydrogen-bond donors (Lipinski definition) is 2. The molecule has 8 nitrogen and oxygen atoms in total. The van der Waals surface area contributed by atoms with Crippen molar-refractivity contribution in [3.63, 3.8) is 0 Å². The largest absolute Gasteiger partial charge is 0.482 e. The van der Waals surface area contributed by atoms with Gasteiger partial charge in [-0.2, -0.15) is 0 Å². The smallest absolute Gasteiger partial charge is 0.412 e. The van der Waals surface area contributed by atoms with E-state index in [-0.39, 0.29) is 6.61 Å². The lowest BCUT2D eigenvalue weighted by molar-refractivity contribution is -0.139. The van der Waals surface area contributed by atoms with Crippen molar-refractivity contribution in [2.45, 2.75) is 20.0 Å². The number of carbonyl (C=O) groups excluding carboxylic acids is 1. The zero-order chi connectivity index (χ0) is 24.8. The average molecular weight is 472 g/mol. The third kappa shape index (κ3) is 5.86. The van der Waals surface area contributed by atoms with Crippen LogP contribution in [0.2, 0.25) is 0 Å². The molecule has 3 aromatic carbocycles. The highest BCUT2D eigenvalue weighted by molar-refractivity contribution is 5.91. The standard InChI is InChI=1S/C27H24N2O6/c1-17-25(28-27(32)34-18(2)19-6-4-3-5-7-19)26(35-29-17)22-10-8-20(9-11-22)21-12-14-23(15-13-21)33-16-24(30)31/h3-15,18H,16H2,1-2H3,(H,28,32)(H,30,31). The molecule has 4 rings (SSSR count). The van der Waals surface area contributed by atoms with Crippen molar-refractivity contribution in [2.24, 2.45) is 0 Å². The molecule has 0 fully saturated rings. The zero-order valence-electron chi connectivity index (χ0n) is 19.2. The summed E-state index contributed by atoms with van der Waals surface area (Å²) in [5, 5.41) is 15.5. The molecular weight excluding hydrogens is 448 g/mol. The summed E-state index contributed by atoms with van der Waals surface area (Å²) >= 11 is 0. The molecule has 0 aliphatic carbocycles. The Morgan fingerprint density at radius 2 is 1.54 bits per heavy atom. The maximum Gasteiger partial charge on any atom is 0.412 e. The summed E-state index contributed by atoms with van der Waals surface area (Å²) in [6.07, 6.45) is -1.02. The molecule has 0 aliphatic rings. The highest BCUT2D eigenvalue weighted by Gasteiger charge is 2.20. The summed E-state index contributed by atoms with van der Waals surface area (Å²) in [7, 11) is 0. The number of anilines is 1. The van der Waals surface area contributed by atoms with E-state index >= 15 is 0 Å². The van der Waals surface area contributed by atoms with Gasteiger partial charge in [-0.05, 0) is 42.7 Å². The molecule has 0 spiro atoms. The Morgan fingerprint density at radius 3 is 2.17 bits per heavy atom. The number of amides is 1. The van der Waals surface area contributed by atoms with E-state index in [0.717, 1.165) is 22.3 Å². The van der Waals surface area contributed by atoms with Crippen molar-refractivity contribution in [1.29, 1.82) is 0 Å². The van der Waals surface area contributed by atoms with Crippen LogP contribution in [0.15, 0.2) is 83.4 Å². The minimum atomic E-state index is -1.03. The van der Waals surface area contributed by atoms with E-state index < -0.39 is 18.2 Å². The molecule has 1 unspecified atom stereocenters. The fourth-order valence-corrected chi connectivity index (χ4v) is 3.50. The number of aryl methyl sites for hydroxylation is 1. The Bertz CT molecular complexity index is 1300. The molecule has 35 heavy (non-hydrogen) atoms. The molecule has 0 saturated heterocycles. The molecule has 8 heteroatoms. The second kappa shape index (κ2) is 10.6. The van der Waals surface area contributed by atoms with E-state index in [1.807, 2.05) is 66.7 Å². The Kier molecular flexibility index (Phi) is 7.11. The molecule has 1 heterocycles. The second-order valence-electron chi connectivity index (χ2n) is 7.84. The first-order chi connectivity index (χ1) is 16.9. The molecular formula is C27H24N2O6. The van der Waals surface area contributed by atoms with Crippen molar-refractivity contribution in [1.82, 2.24) is 5.16 Å². The van der Waals surface area contributed by atoms with Gasteiger partial charge in [0.05, 0.1) is 0 Å². The highest BCUT2D eigenvalue weighted by atomic mass is 16.6. The summed E-state index contributed by atoms with van der Waals surface area (Å²) in [4.78, 5) is 23.2. The van der Waals surface area contributed by atoms with Gasteiger partial charge in [0, 0.05) is 5.56 Å². The number of carboxylic acids is 1. The van der Waals surface area contributed by atoms with Crippen LogP contribution in [0.25, 0.3) is 22.5 Å². The van der Waals surface area contributed by atoms with Gasteiger partial charge >= 0.3 is 12.1 Å². The Labute approximate surface area is 202 Å². The van der Waals surface area contributed by atoms with E-state index in [4.69, 9.17) is 19.1 Å². The van der Waals surface area contributed by atoms with Crippen LogP contribution in [0.4, 0.5) is 10.5 Å². The van der Waals surface area contributed by atoms with Crippen LogP contribution < -0.4 is 10.1 Å². The first-order valence-electron chi connectivity index (χ1n) is 10.9. The second-order valence-corrected chi connectivity index (χ2v) is 7.84. The summed E-state index contributed by atoms with van der Waals surface area (Å²) < 4.78 is 16.2.